The number of aliphatic imine (C=N–C) groups is 1. The maximum absolute atomic E-state index is 13.9. The highest BCUT2D eigenvalue weighted by Crippen LogP contribution is 2.33. The minimum absolute atomic E-state index is 0.136. The number of rotatable bonds is 5. The third-order valence-corrected chi connectivity index (χ3v) is 5.11. The maximum atomic E-state index is 13.9. The fourth-order valence-corrected chi connectivity index (χ4v) is 4.06. The van der Waals surface area contributed by atoms with E-state index in [4.69, 9.17) is 4.74 Å². The van der Waals surface area contributed by atoms with Gasteiger partial charge in [0.15, 0.2) is 0 Å². The lowest BCUT2D eigenvalue weighted by molar-refractivity contribution is 0.297. The molecule has 0 amide bonds. The lowest BCUT2D eigenvalue weighted by atomic mass is 10.1. The molecule has 0 aliphatic heterocycles. The molecular weight excluding hydrogens is 473 g/mol. The SMILES string of the molecule is Cc1ccc(N=Cc2cc(Br)cc(Br)c2OCc2ccccc2F)c(C)c1. The summed E-state index contributed by atoms with van der Waals surface area (Å²) >= 11 is 7.03. The van der Waals surface area contributed by atoms with E-state index in [0.29, 0.717) is 11.3 Å². The summed E-state index contributed by atoms with van der Waals surface area (Å²) in [4.78, 5) is 4.61. The van der Waals surface area contributed by atoms with Crippen molar-refractivity contribution in [2.75, 3.05) is 0 Å². The third-order valence-electron chi connectivity index (χ3n) is 4.06. The predicted molar refractivity (Wildman–Crippen MR) is 116 cm³/mol. The lowest BCUT2D eigenvalue weighted by Crippen LogP contribution is -2.01. The average Bonchev–Trinajstić information content (AvgIpc) is 2.61. The highest BCUT2D eigenvalue weighted by atomic mass is 79.9. The van der Waals surface area contributed by atoms with E-state index in [1.54, 1.807) is 24.4 Å². The molecule has 27 heavy (non-hydrogen) atoms. The molecule has 0 aliphatic rings. The molecule has 3 aromatic carbocycles. The standard InChI is InChI=1S/C22H18Br2FNO/c1-14-7-8-21(15(2)9-14)26-12-17-10-18(23)11-19(24)22(17)27-13-16-5-3-4-6-20(16)25/h3-12H,13H2,1-2H3. The molecule has 0 saturated heterocycles. The van der Waals surface area contributed by atoms with Crippen molar-refractivity contribution in [2.45, 2.75) is 20.5 Å². The van der Waals surface area contributed by atoms with Crippen LogP contribution in [0.15, 0.2) is 68.5 Å². The van der Waals surface area contributed by atoms with Gasteiger partial charge in [-0.25, -0.2) is 4.39 Å². The Labute approximate surface area is 175 Å². The topological polar surface area (TPSA) is 21.6 Å². The average molecular weight is 491 g/mol. The summed E-state index contributed by atoms with van der Waals surface area (Å²) in [6.45, 7) is 4.23. The van der Waals surface area contributed by atoms with E-state index < -0.39 is 0 Å². The van der Waals surface area contributed by atoms with Crippen LogP contribution in [0.2, 0.25) is 0 Å². The van der Waals surface area contributed by atoms with E-state index in [1.165, 1.54) is 11.6 Å². The largest absolute Gasteiger partial charge is 0.487 e. The van der Waals surface area contributed by atoms with Gasteiger partial charge in [-0.15, -0.1) is 0 Å². The molecule has 0 radical (unpaired) electrons. The van der Waals surface area contributed by atoms with Gasteiger partial charge in [0, 0.05) is 21.8 Å². The molecule has 0 spiro atoms. The number of nitrogens with zero attached hydrogens (tertiary/aromatic N) is 1. The summed E-state index contributed by atoms with van der Waals surface area (Å²) in [6, 6.07) is 16.5. The summed E-state index contributed by atoms with van der Waals surface area (Å²) in [5, 5.41) is 0. The Morgan fingerprint density at radius 1 is 1.04 bits per heavy atom. The van der Waals surface area contributed by atoms with Crippen molar-refractivity contribution in [1.82, 2.24) is 0 Å². The third kappa shape index (κ3) is 5.05. The monoisotopic (exact) mass is 489 g/mol. The van der Waals surface area contributed by atoms with Gasteiger partial charge in [0.25, 0.3) is 0 Å². The molecule has 0 bridgehead atoms. The van der Waals surface area contributed by atoms with Crippen LogP contribution < -0.4 is 4.74 Å². The molecular formula is C22H18Br2FNO. The first-order valence-electron chi connectivity index (χ1n) is 8.40. The zero-order chi connectivity index (χ0) is 19.4. The first kappa shape index (κ1) is 19.8. The van der Waals surface area contributed by atoms with Crippen molar-refractivity contribution in [2.24, 2.45) is 4.99 Å². The number of ether oxygens (including phenoxy) is 1. The quantitative estimate of drug-likeness (QED) is 0.344. The highest BCUT2D eigenvalue weighted by Gasteiger charge is 2.11. The molecule has 0 N–H and O–H groups in total. The van der Waals surface area contributed by atoms with Gasteiger partial charge in [-0.3, -0.25) is 4.99 Å². The summed E-state index contributed by atoms with van der Waals surface area (Å²) in [6.07, 6.45) is 1.77. The fraction of sp³-hybridized carbons (Fsp3) is 0.136. The molecule has 5 heteroatoms. The Morgan fingerprint density at radius 2 is 1.81 bits per heavy atom. The second-order valence-electron chi connectivity index (χ2n) is 6.23. The Morgan fingerprint density at radius 3 is 2.56 bits per heavy atom. The number of hydrogen-bond donors (Lipinski definition) is 0. The molecule has 0 unspecified atom stereocenters. The van der Waals surface area contributed by atoms with Gasteiger partial charge in [0.1, 0.15) is 18.2 Å². The number of hydrogen-bond acceptors (Lipinski definition) is 2. The summed E-state index contributed by atoms with van der Waals surface area (Å²) in [5.41, 5.74) is 4.51. The molecule has 0 atom stereocenters. The van der Waals surface area contributed by atoms with Crippen LogP contribution in [0.3, 0.4) is 0 Å². The van der Waals surface area contributed by atoms with Crippen LogP contribution in [0.25, 0.3) is 0 Å². The molecule has 0 heterocycles. The van der Waals surface area contributed by atoms with E-state index in [2.05, 4.69) is 49.8 Å². The Hall–Kier alpha value is -1.98. The van der Waals surface area contributed by atoms with Gasteiger partial charge in [-0.05, 0) is 59.6 Å². The maximum Gasteiger partial charge on any atom is 0.142 e. The molecule has 0 saturated carbocycles. The zero-order valence-electron chi connectivity index (χ0n) is 15.0. The molecule has 138 valence electrons. The minimum Gasteiger partial charge on any atom is -0.487 e. The number of benzene rings is 3. The van der Waals surface area contributed by atoms with Gasteiger partial charge >= 0.3 is 0 Å². The molecule has 3 rings (SSSR count). The Kier molecular flexibility index (Phi) is 6.45. The molecule has 0 aliphatic carbocycles. The van der Waals surface area contributed by atoms with Crippen molar-refractivity contribution < 1.29 is 9.13 Å². The van der Waals surface area contributed by atoms with Gasteiger partial charge in [0.05, 0.1) is 10.2 Å². The second-order valence-corrected chi connectivity index (χ2v) is 8.00. The van der Waals surface area contributed by atoms with Crippen molar-refractivity contribution in [1.29, 1.82) is 0 Å². The van der Waals surface area contributed by atoms with E-state index in [1.807, 2.05) is 31.2 Å². The van der Waals surface area contributed by atoms with Crippen LogP contribution in [-0.4, -0.2) is 6.21 Å². The molecule has 0 aromatic heterocycles. The number of aryl methyl sites for hydroxylation is 2. The first-order valence-corrected chi connectivity index (χ1v) is 9.99. The van der Waals surface area contributed by atoms with E-state index in [0.717, 1.165) is 25.8 Å². The van der Waals surface area contributed by atoms with Crippen LogP contribution in [0.4, 0.5) is 10.1 Å². The van der Waals surface area contributed by atoms with Crippen molar-refractivity contribution in [3.63, 3.8) is 0 Å². The lowest BCUT2D eigenvalue weighted by Gasteiger charge is -2.12. The Balaban J connectivity index is 1.90. The van der Waals surface area contributed by atoms with E-state index >= 15 is 0 Å². The van der Waals surface area contributed by atoms with Gasteiger partial charge in [-0.1, -0.05) is 51.8 Å². The van der Waals surface area contributed by atoms with Crippen molar-refractivity contribution in [3.8, 4) is 5.75 Å². The zero-order valence-corrected chi connectivity index (χ0v) is 18.1. The summed E-state index contributed by atoms with van der Waals surface area (Å²) in [7, 11) is 0. The van der Waals surface area contributed by atoms with Gasteiger partial charge < -0.3 is 4.74 Å². The van der Waals surface area contributed by atoms with Crippen LogP contribution in [0, 0.1) is 19.7 Å². The van der Waals surface area contributed by atoms with E-state index in [-0.39, 0.29) is 12.4 Å². The predicted octanol–water partition coefficient (Wildman–Crippen LogP) is 7.30. The normalized spacial score (nSPS) is 11.1. The van der Waals surface area contributed by atoms with E-state index in [9.17, 15) is 4.39 Å². The van der Waals surface area contributed by atoms with Gasteiger partial charge in [0.2, 0.25) is 0 Å². The fourth-order valence-electron chi connectivity index (χ4n) is 2.68. The highest BCUT2D eigenvalue weighted by molar-refractivity contribution is 9.11. The first-order chi connectivity index (χ1) is 12.9. The minimum atomic E-state index is -0.281. The van der Waals surface area contributed by atoms with Crippen LogP contribution in [0.1, 0.15) is 22.3 Å². The number of halogens is 3. The second kappa shape index (κ2) is 8.81. The van der Waals surface area contributed by atoms with Crippen molar-refractivity contribution in [3.05, 3.63) is 91.6 Å². The summed E-state index contributed by atoms with van der Waals surface area (Å²) < 4.78 is 21.5. The molecule has 0 fully saturated rings. The van der Waals surface area contributed by atoms with Crippen LogP contribution >= 0.6 is 31.9 Å². The molecule has 3 aromatic rings. The van der Waals surface area contributed by atoms with Gasteiger partial charge in [-0.2, -0.15) is 0 Å². The van der Waals surface area contributed by atoms with Crippen LogP contribution in [0.5, 0.6) is 5.75 Å². The van der Waals surface area contributed by atoms with Crippen molar-refractivity contribution >= 4 is 43.8 Å². The summed E-state index contributed by atoms with van der Waals surface area (Å²) in [5.74, 6) is 0.339. The molecule has 2 nitrogen and oxygen atoms in total. The smallest absolute Gasteiger partial charge is 0.142 e. The van der Waals surface area contributed by atoms with Crippen LogP contribution in [-0.2, 0) is 6.61 Å². The Bertz CT molecular complexity index is 1000.